The van der Waals surface area contributed by atoms with E-state index < -0.39 is 11.2 Å². The van der Waals surface area contributed by atoms with Gasteiger partial charge in [0, 0.05) is 24.7 Å². The van der Waals surface area contributed by atoms with Gasteiger partial charge in [0.1, 0.15) is 0 Å². The molecule has 2 amide bonds. The van der Waals surface area contributed by atoms with Crippen LogP contribution in [-0.4, -0.2) is 67.5 Å². The lowest BCUT2D eigenvalue weighted by Gasteiger charge is -2.53. The molecule has 0 radical (unpaired) electrons. The SMILES string of the molecule is COc1ccc(C(=O)N2CCC[C@@]3(C(=O)NC(C)C)CCN(C)C[C@H]23)cc1F. The molecule has 2 aliphatic heterocycles. The topological polar surface area (TPSA) is 61.9 Å². The summed E-state index contributed by atoms with van der Waals surface area (Å²) in [6.07, 6.45) is 2.24. The Morgan fingerprint density at radius 2 is 2.04 bits per heavy atom. The summed E-state index contributed by atoms with van der Waals surface area (Å²) in [7, 11) is 3.40. The van der Waals surface area contributed by atoms with E-state index in [0.29, 0.717) is 19.5 Å². The zero-order valence-corrected chi connectivity index (χ0v) is 17.1. The van der Waals surface area contributed by atoms with Gasteiger partial charge in [0.2, 0.25) is 5.91 Å². The number of rotatable bonds is 4. The molecular formula is C21H30FN3O3. The van der Waals surface area contributed by atoms with E-state index in [0.717, 1.165) is 19.4 Å². The summed E-state index contributed by atoms with van der Waals surface area (Å²) in [6.45, 7) is 5.92. The highest BCUT2D eigenvalue weighted by Crippen LogP contribution is 2.43. The van der Waals surface area contributed by atoms with E-state index in [9.17, 15) is 14.0 Å². The largest absolute Gasteiger partial charge is 0.494 e. The number of likely N-dealkylation sites (tertiary alicyclic amines) is 2. The van der Waals surface area contributed by atoms with Gasteiger partial charge in [-0.3, -0.25) is 9.59 Å². The average Bonchev–Trinajstić information content (AvgIpc) is 2.66. The molecule has 1 aromatic carbocycles. The van der Waals surface area contributed by atoms with Gasteiger partial charge in [0.05, 0.1) is 18.6 Å². The number of hydrogen-bond acceptors (Lipinski definition) is 4. The van der Waals surface area contributed by atoms with Gasteiger partial charge in [-0.25, -0.2) is 4.39 Å². The molecule has 0 bridgehead atoms. The first-order chi connectivity index (χ1) is 13.3. The van der Waals surface area contributed by atoms with Gasteiger partial charge < -0.3 is 19.9 Å². The Morgan fingerprint density at radius 3 is 2.68 bits per heavy atom. The summed E-state index contributed by atoms with van der Waals surface area (Å²) in [4.78, 5) is 30.4. The fourth-order valence-electron chi connectivity index (χ4n) is 4.52. The monoisotopic (exact) mass is 391 g/mol. The van der Waals surface area contributed by atoms with Crippen LogP contribution >= 0.6 is 0 Å². The molecule has 6 nitrogen and oxygen atoms in total. The maximum atomic E-state index is 14.2. The van der Waals surface area contributed by atoms with Crippen LogP contribution in [0.4, 0.5) is 4.39 Å². The second-order valence-electron chi connectivity index (χ2n) is 8.26. The number of likely N-dealkylation sites (N-methyl/N-ethyl adjacent to an activating group) is 1. The molecule has 0 spiro atoms. The first-order valence-corrected chi connectivity index (χ1v) is 9.92. The van der Waals surface area contributed by atoms with Crippen molar-refractivity contribution in [2.75, 3.05) is 33.8 Å². The molecule has 2 aliphatic rings. The zero-order valence-electron chi connectivity index (χ0n) is 17.1. The van der Waals surface area contributed by atoms with Crippen molar-refractivity contribution >= 4 is 11.8 Å². The van der Waals surface area contributed by atoms with Gasteiger partial charge in [0.25, 0.3) is 5.91 Å². The van der Waals surface area contributed by atoms with Crippen molar-refractivity contribution in [2.45, 2.75) is 45.2 Å². The normalized spacial score (nSPS) is 25.4. The Bertz CT molecular complexity index is 754. The van der Waals surface area contributed by atoms with Gasteiger partial charge in [-0.2, -0.15) is 0 Å². The minimum absolute atomic E-state index is 0.0269. The Labute approximate surface area is 166 Å². The second-order valence-corrected chi connectivity index (χ2v) is 8.26. The maximum absolute atomic E-state index is 14.2. The van der Waals surface area contributed by atoms with Crippen LogP contribution in [0.5, 0.6) is 5.75 Å². The number of methoxy groups -OCH3 is 1. The molecule has 154 valence electrons. The standard InChI is InChI=1S/C21H30FN3O3/c1-14(2)23-20(27)21-8-5-10-25(18(21)13-24(3)11-9-21)19(26)15-6-7-17(28-4)16(22)12-15/h6-7,12,14,18H,5,8-11,13H2,1-4H3,(H,23,27)/t18-,21+/m0/s1. The molecule has 7 heteroatoms. The summed E-state index contributed by atoms with van der Waals surface area (Å²) < 4.78 is 19.1. The third-order valence-corrected chi connectivity index (χ3v) is 5.99. The number of piperidine rings is 2. The highest BCUT2D eigenvalue weighted by Gasteiger charge is 2.53. The number of hydrogen-bond donors (Lipinski definition) is 1. The number of carbonyl (C=O) groups excluding carboxylic acids is 2. The maximum Gasteiger partial charge on any atom is 0.254 e. The van der Waals surface area contributed by atoms with Crippen LogP contribution in [0.3, 0.4) is 0 Å². The summed E-state index contributed by atoms with van der Waals surface area (Å²) >= 11 is 0. The van der Waals surface area contributed by atoms with Crippen molar-refractivity contribution in [3.05, 3.63) is 29.6 Å². The average molecular weight is 391 g/mol. The summed E-state index contributed by atoms with van der Waals surface area (Å²) in [5.41, 5.74) is -0.304. The Hall–Kier alpha value is -2.15. The van der Waals surface area contributed by atoms with Gasteiger partial charge in [-0.05, 0) is 64.9 Å². The van der Waals surface area contributed by atoms with Gasteiger partial charge in [-0.15, -0.1) is 0 Å². The summed E-state index contributed by atoms with van der Waals surface area (Å²) in [5.74, 6) is -0.657. The Kier molecular flexibility index (Phi) is 5.93. The number of halogens is 1. The van der Waals surface area contributed by atoms with Crippen molar-refractivity contribution < 1.29 is 18.7 Å². The molecule has 1 aromatic rings. The number of benzene rings is 1. The van der Waals surface area contributed by atoms with Crippen LogP contribution in [0, 0.1) is 11.2 Å². The van der Waals surface area contributed by atoms with E-state index >= 15 is 0 Å². The fraction of sp³-hybridized carbons (Fsp3) is 0.619. The van der Waals surface area contributed by atoms with E-state index in [1.165, 1.54) is 19.2 Å². The van der Waals surface area contributed by atoms with Crippen molar-refractivity contribution in [3.63, 3.8) is 0 Å². The first kappa shape index (κ1) is 20.6. The van der Waals surface area contributed by atoms with Crippen molar-refractivity contribution in [1.29, 1.82) is 0 Å². The lowest BCUT2D eigenvalue weighted by Crippen LogP contribution is -2.66. The van der Waals surface area contributed by atoms with Gasteiger partial charge in [-0.1, -0.05) is 0 Å². The van der Waals surface area contributed by atoms with E-state index in [-0.39, 0.29) is 35.2 Å². The minimum Gasteiger partial charge on any atom is -0.494 e. The van der Waals surface area contributed by atoms with E-state index in [1.54, 1.807) is 11.0 Å². The molecule has 2 fully saturated rings. The van der Waals surface area contributed by atoms with Crippen LogP contribution in [-0.2, 0) is 4.79 Å². The predicted octanol–water partition coefficient (Wildman–Crippen LogP) is 2.29. The van der Waals surface area contributed by atoms with Gasteiger partial charge in [0.15, 0.2) is 11.6 Å². The third kappa shape index (κ3) is 3.72. The fourth-order valence-corrected chi connectivity index (χ4v) is 4.52. The Morgan fingerprint density at radius 1 is 1.29 bits per heavy atom. The van der Waals surface area contributed by atoms with E-state index in [4.69, 9.17) is 4.74 Å². The number of carbonyl (C=O) groups is 2. The van der Waals surface area contributed by atoms with Crippen LogP contribution in [0.15, 0.2) is 18.2 Å². The van der Waals surface area contributed by atoms with Crippen LogP contribution < -0.4 is 10.1 Å². The molecule has 0 aromatic heterocycles. The molecule has 0 unspecified atom stereocenters. The molecule has 2 heterocycles. The quantitative estimate of drug-likeness (QED) is 0.856. The zero-order chi connectivity index (χ0) is 20.5. The summed E-state index contributed by atoms with van der Waals surface area (Å²) in [6, 6.07) is 4.10. The van der Waals surface area contributed by atoms with Crippen molar-refractivity contribution in [3.8, 4) is 5.75 Å². The molecule has 0 aliphatic carbocycles. The number of fused-ring (bicyclic) bond motifs is 1. The number of nitrogens with one attached hydrogen (secondary N) is 1. The number of nitrogens with zero attached hydrogens (tertiary/aromatic N) is 2. The Balaban J connectivity index is 1.93. The smallest absolute Gasteiger partial charge is 0.254 e. The molecule has 3 rings (SSSR count). The number of amides is 2. The van der Waals surface area contributed by atoms with Gasteiger partial charge >= 0.3 is 0 Å². The summed E-state index contributed by atoms with van der Waals surface area (Å²) in [5, 5.41) is 3.07. The van der Waals surface area contributed by atoms with Crippen molar-refractivity contribution in [1.82, 2.24) is 15.1 Å². The highest BCUT2D eigenvalue weighted by atomic mass is 19.1. The van der Waals surface area contributed by atoms with Crippen molar-refractivity contribution in [2.24, 2.45) is 5.41 Å². The number of ether oxygens (including phenoxy) is 1. The minimum atomic E-state index is -0.588. The molecule has 2 atom stereocenters. The predicted molar refractivity (Wildman–Crippen MR) is 105 cm³/mol. The van der Waals surface area contributed by atoms with Crippen LogP contribution in [0.25, 0.3) is 0 Å². The lowest BCUT2D eigenvalue weighted by molar-refractivity contribution is -0.143. The molecular weight excluding hydrogens is 361 g/mol. The molecule has 28 heavy (non-hydrogen) atoms. The van der Waals surface area contributed by atoms with E-state index in [1.807, 2.05) is 20.9 Å². The second kappa shape index (κ2) is 8.07. The lowest BCUT2D eigenvalue weighted by atomic mass is 9.67. The van der Waals surface area contributed by atoms with Crippen LogP contribution in [0.2, 0.25) is 0 Å². The molecule has 0 saturated carbocycles. The van der Waals surface area contributed by atoms with Crippen LogP contribution in [0.1, 0.15) is 43.5 Å². The third-order valence-electron chi connectivity index (χ3n) is 5.99. The first-order valence-electron chi connectivity index (χ1n) is 9.92. The molecule has 2 saturated heterocycles. The highest BCUT2D eigenvalue weighted by molar-refractivity contribution is 5.95. The van der Waals surface area contributed by atoms with E-state index in [2.05, 4.69) is 10.2 Å². The molecule has 1 N–H and O–H groups in total.